The first-order valence-electron chi connectivity index (χ1n) is 12.0. The topological polar surface area (TPSA) is 57.5 Å². The summed E-state index contributed by atoms with van der Waals surface area (Å²) in [6.07, 6.45) is 9.61. The minimum atomic E-state index is -0.713. The largest absolute Gasteiger partial charge is 0.481 e. The minimum absolute atomic E-state index is 0.0319. The molecular weight excluding hydrogens is 391 g/mol. The van der Waals surface area contributed by atoms with Crippen LogP contribution < -0.4 is 0 Å². The molecule has 2 N–H and O–H groups in total. The molecule has 11 unspecified atom stereocenters. The van der Waals surface area contributed by atoms with E-state index in [9.17, 15) is 15.0 Å². The predicted molar refractivity (Wildman–Crippen MR) is 127 cm³/mol. The average Bonchev–Trinajstić information content (AvgIpc) is 2.67. The predicted octanol–water partition coefficient (Wildman–Crippen LogP) is 5.94. The molecule has 30 heavy (non-hydrogen) atoms. The molecule has 0 saturated heterocycles. The zero-order valence-corrected chi connectivity index (χ0v) is 20.8. The molecule has 0 spiro atoms. The van der Waals surface area contributed by atoms with Gasteiger partial charge in [0.2, 0.25) is 0 Å². The summed E-state index contributed by atoms with van der Waals surface area (Å²) in [6.45, 7) is 16.1. The van der Waals surface area contributed by atoms with Gasteiger partial charge >= 0.3 is 5.97 Å². The molecular formula is C26H43O3P. The van der Waals surface area contributed by atoms with Gasteiger partial charge in [-0.3, -0.25) is 4.79 Å². The highest BCUT2D eigenvalue weighted by Gasteiger charge is 2.57. The van der Waals surface area contributed by atoms with Gasteiger partial charge in [0.1, 0.15) is 0 Å². The average molecular weight is 435 g/mol. The van der Waals surface area contributed by atoms with E-state index in [1.165, 1.54) is 6.42 Å². The third-order valence-electron chi connectivity index (χ3n) is 9.74. The Morgan fingerprint density at radius 1 is 1.37 bits per heavy atom. The quantitative estimate of drug-likeness (QED) is 0.402. The Balaban J connectivity index is 1.98. The molecule has 2 fully saturated rings. The number of carboxylic acid groups (broad SMARTS) is 1. The Morgan fingerprint density at radius 3 is 2.63 bits per heavy atom. The number of carboxylic acids is 1. The first-order valence-corrected chi connectivity index (χ1v) is 12.6. The number of rotatable bonds is 6. The van der Waals surface area contributed by atoms with Crippen molar-refractivity contribution >= 4 is 15.2 Å². The third-order valence-corrected chi connectivity index (χ3v) is 10.6. The Kier molecular flexibility index (Phi) is 6.96. The number of aliphatic hydroxyl groups is 1. The molecule has 170 valence electrons. The standard InChI is InChI=1S/C26H43O3P/c1-7-20(15(2)8-9-23(28)29)26(6)17(4)24-16(3)12-18-13-19(27)10-11-25(18,5)21(24)14-22(26)30/h7,14-20,22,24,27H,1,8-13,30H2,2-6H3,(H,28,29). The van der Waals surface area contributed by atoms with Crippen molar-refractivity contribution in [2.24, 2.45) is 46.3 Å². The lowest BCUT2D eigenvalue weighted by molar-refractivity contribution is -0.137. The molecule has 3 aliphatic rings. The van der Waals surface area contributed by atoms with Crippen LogP contribution in [-0.2, 0) is 4.79 Å². The number of allylic oxidation sites excluding steroid dienone is 3. The van der Waals surface area contributed by atoms with Crippen molar-refractivity contribution in [1.29, 1.82) is 0 Å². The lowest BCUT2D eigenvalue weighted by atomic mass is 9.45. The summed E-state index contributed by atoms with van der Waals surface area (Å²) in [5, 5.41) is 19.5. The summed E-state index contributed by atoms with van der Waals surface area (Å²) in [7, 11) is 3.13. The molecule has 0 aliphatic heterocycles. The fourth-order valence-electron chi connectivity index (χ4n) is 7.68. The van der Waals surface area contributed by atoms with Gasteiger partial charge in [-0.05, 0) is 84.1 Å². The van der Waals surface area contributed by atoms with E-state index in [1.54, 1.807) is 5.57 Å². The van der Waals surface area contributed by atoms with Gasteiger partial charge in [-0.15, -0.1) is 15.8 Å². The Morgan fingerprint density at radius 2 is 2.03 bits per heavy atom. The summed E-state index contributed by atoms with van der Waals surface area (Å²) in [5.41, 5.74) is 2.22. The molecule has 0 amide bonds. The Labute approximate surface area is 186 Å². The van der Waals surface area contributed by atoms with Crippen LogP contribution in [0, 0.1) is 46.3 Å². The Hall–Kier alpha value is -0.660. The smallest absolute Gasteiger partial charge is 0.303 e. The van der Waals surface area contributed by atoms with Gasteiger partial charge in [0.25, 0.3) is 0 Å². The number of fused-ring (bicyclic) bond motifs is 3. The maximum absolute atomic E-state index is 11.2. The van der Waals surface area contributed by atoms with E-state index in [0.29, 0.717) is 35.8 Å². The number of hydrogen-bond acceptors (Lipinski definition) is 2. The molecule has 2 saturated carbocycles. The molecule has 4 heteroatoms. The summed E-state index contributed by atoms with van der Waals surface area (Å²) < 4.78 is 0. The SMILES string of the molecule is C=CC(C(C)CCC(=O)O)C1(C)C(P)C=C2C(C(C)CC3CC(O)CCC23C)C1C. The molecule has 0 aromatic rings. The highest BCUT2D eigenvalue weighted by atomic mass is 31.0. The van der Waals surface area contributed by atoms with E-state index < -0.39 is 5.97 Å². The summed E-state index contributed by atoms with van der Waals surface area (Å²) in [6, 6.07) is 0. The van der Waals surface area contributed by atoms with E-state index in [2.05, 4.69) is 62.6 Å². The van der Waals surface area contributed by atoms with Crippen LogP contribution in [0.25, 0.3) is 0 Å². The van der Waals surface area contributed by atoms with Crippen LogP contribution in [0.15, 0.2) is 24.3 Å². The lowest BCUT2D eigenvalue weighted by Gasteiger charge is -2.61. The van der Waals surface area contributed by atoms with Gasteiger partial charge in [0.15, 0.2) is 0 Å². The highest BCUT2D eigenvalue weighted by molar-refractivity contribution is 7.18. The van der Waals surface area contributed by atoms with E-state index >= 15 is 0 Å². The maximum Gasteiger partial charge on any atom is 0.303 e. The summed E-state index contributed by atoms with van der Waals surface area (Å²) >= 11 is 0. The third kappa shape index (κ3) is 3.83. The van der Waals surface area contributed by atoms with Crippen LogP contribution in [0.2, 0.25) is 0 Å². The van der Waals surface area contributed by atoms with Gasteiger partial charge in [-0.2, -0.15) is 0 Å². The van der Waals surface area contributed by atoms with Gasteiger partial charge < -0.3 is 10.2 Å². The van der Waals surface area contributed by atoms with Crippen molar-refractivity contribution in [2.75, 3.05) is 0 Å². The van der Waals surface area contributed by atoms with E-state index in [4.69, 9.17) is 0 Å². The monoisotopic (exact) mass is 434 g/mol. The molecule has 3 nitrogen and oxygen atoms in total. The van der Waals surface area contributed by atoms with E-state index in [1.807, 2.05) is 0 Å². The zero-order valence-electron chi connectivity index (χ0n) is 19.6. The molecule has 0 aromatic heterocycles. The van der Waals surface area contributed by atoms with Crippen LogP contribution in [-0.4, -0.2) is 27.9 Å². The maximum atomic E-state index is 11.2. The van der Waals surface area contributed by atoms with E-state index in [0.717, 1.165) is 19.3 Å². The van der Waals surface area contributed by atoms with Crippen LogP contribution in [0.4, 0.5) is 0 Å². The van der Waals surface area contributed by atoms with Crippen molar-refractivity contribution in [1.82, 2.24) is 0 Å². The molecule has 3 aliphatic carbocycles. The molecule has 11 atom stereocenters. The van der Waals surface area contributed by atoms with Crippen LogP contribution in [0.3, 0.4) is 0 Å². The number of hydrogen-bond donors (Lipinski definition) is 2. The second-order valence-corrected chi connectivity index (χ2v) is 12.0. The normalized spacial score (nSPS) is 45.5. The van der Waals surface area contributed by atoms with Crippen molar-refractivity contribution in [3.05, 3.63) is 24.3 Å². The van der Waals surface area contributed by atoms with Gasteiger partial charge in [0.05, 0.1) is 6.10 Å². The fourth-order valence-corrected chi connectivity index (χ4v) is 8.41. The van der Waals surface area contributed by atoms with Crippen LogP contribution in [0.1, 0.15) is 73.1 Å². The second-order valence-electron chi connectivity index (χ2n) is 11.3. The van der Waals surface area contributed by atoms with Gasteiger partial charge in [-0.1, -0.05) is 52.3 Å². The van der Waals surface area contributed by atoms with Crippen molar-refractivity contribution in [3.63, 3.8) is 0 Å². The molecule has 3 rings (SSSR count). The number of aliphatic hydroxyl groups excluding tert-OH is 1. The van der Waals surface area contributed by atoms with E-state index in [-0.39, 0.29) is 35.2 Å². The summed E-state index contributed by atoms with van der Waals surface area (Å²) in [5.74, 6) is 2.08. The lowest BCUT2D eigenvalue weighted by Crippen LogP contribution is -2.55. The minimum Gasteiger partial charge on any atom is -0.481 e. The highest BCUT2D eigenvalue weighted by Crippen LogP contribution is 2.65. The first-order chi connectivity index (χ1) is 14.0. The molecule has 0 radical (unpaired) electrons. The second kappa shape index (κ2) is 8.70. The molecule has 0 bridgehead atoms. The van der Waals surface area contributed by atoms with Crippen molar-refractivity contribution < 1.29 is 15.0 Å². The molecule has 0 heterocycles. The van der Waals surface area contributed by atoms with Crippen LogP contribution >= 0.6 is 9.24 Å². The van der Waals surface area contributed by atoms with Gasteiger partial charge in [0, 0.05) is 6.42 Å². The molecule has 0 aromatic carbocycles. The van der Waals surface area contributed by atoms with Crippen molar-refractivity contribution in [3.8, 4) is 0 Å². The van der Waals surface area contributed by atoms with Crippen molar-refractivity contribution in [2.45, 2.75) is 84.9 Å². The van der Waals surface area contributed by atoms with Gasteiger partial charge in [-0.25, -0.2) is 0 Å². The zero-order chi connectivity index (χ0) is 22.4. The van der Waals surface area contributed by atoms with Crippen LogP contribution in [0.5, 0.6) is 0 Å². The number of carbonyl (C=O) groups is 1. The fraction of sp³-hybridized carbons (Fsp3) is 0.808. The summed E-state index contributed by atoms with van der Waals surface area (Å²) in [4.78, 5) is 11.2. The first kappa shape index (κ1) is 24.0. The Bertz CT molecular complexity index is 702. The number of aliphatic carboxylic acids is 1.